The van der Waals surface area contributed by atoms with E-state index >= 15 is 0 Å². The van der Waals surface area contributed by atoms with Gasteiger partial charge in [-0.15, -0.1) is 4.91 Å². The second-order valence-corrected chi connectivity index (χ2v) is 3.22. The summed E-state index contributed by atoms with van der Waals surface area (Å²) in [5.41, 5.74) is -0.839. The van der Waals surface area contributed by atoms with E-state index in [1.165, 1.54) is 12.1 Å². The van der Waals surface area contributed by atoms with Gasteiger partial charge in [0.15, 0.2) is 12.0 Å². The molecule has 0 aliphatic heterocycles. The van der Waals surface area contributed by atoms with Crippen LogP contribution in [-0.4, -0.2) is 5.16 Å². The van der Waals surface area contributed by atoms with Gasteiger partial charge in [-0.05, 0) is 17.3 Å². The molecule has 2 aromatic rings. The number of hydrogen-bond acceptors (Lipinski definition) is 4. The molecule has 17 heavy (non-hydrogen) atoms. The highest BCUT2D eigenvalue weighted by Gasteiger charge is 2.30. The zero-order valence-electron chi connectivity index (χ0n) is 8.23. The van der Waals surface area contributed by atoms with Gasteiger partial charge in [0.1, 0.15) is 5.69 Å². The molecule has 1 aromatic carbocycles. The first-order chi connectivity index (χ1) is 8.02. The predicted octanol–water partition coefficient (Wildman–Crippen LogP) is 3.76. The second-order valence-electron chi connectivity index (χ2n) is 3.22. The Bertz CT molecular complexity index is 548. The number of alkyl halides is 3. The van der Waals surface area contributed by atoms with Gasteiger partial charge >= 0.3 is 6.18 Å². The minimum absolute atomic E-state index is 0.00824. The van der Waals surface area contributed by atoms with Gasteiger partial charge in [-0.3, -0.25) is 0 Å². The molecule has 0 aliphatic rings. The molecule has 0 unspecified atom stereocenters. The van der Waals surface area contributed by atoms with E-state index in [1.54, 1.807) is 0 Å². The van der Waals surface area contributed by atoms with Crippen molar-refractivity contribution in [3.63, 3.8) is 0 Å². The third-order valence-electron chi connectivity index (χ3n) is 2.11. The lowest BCUT2D eigenvalue weighted by molar-refractivity contribution is -0.137. The average Bonchev–Trinajstić information content (AvgIpc) is 2.76. The smallest absolute Gasteiger partial charge is 0.362 e. The lowest BCUT2D eigenvalue weighted by atomic mass is 10.1. The zero-order valence-corrected chi connectivity index (χ0v) is 8.23. The fourth-order valence-corrected chi connectivity index (χ4v) is 1.34. The molecule has 88 valence electrons. The van der Waals surface area contributed by atoms with Crippen LogP contribution in [0.25, 0.3) is 11.3 Å². The standard InChI is InChI=1S/C10H5F3N2O2/c11-10(12,13)7-3-1-2-6(4-7)9-8(14-16)5-17-15-9/h1-5H. The largest absolute Gasteiger partial charge is 0.416 e. The minimum Gasteiger partial charge on any atom is -0.362 e. The van der Waals surface area contributed by atoms with Crippen LogP contribution in [0.3, 0.4) is 0 Å². The van der Waals surface area contributed by atoms with Crippen LogP contribution in [0.1, 0.15) is 5.56 Å². The van der Waals surface area contributed by atoms with Crippen molar-refractivity contribution in [2.24, 2.45) is 5.18 Å². The van der Waals surface area contributed by atoms with Crippen molar-refractivity contribution in [2.75, 3.05) is 0 Å². The van der Waals surface area contributed by atoms with Crippen molar-refractivity contribution in [3.05, 3.63) is 41.0 Å². The van der Waals surface area contributed by atoms with Gasteiger partial charge in [0.25, 0.3) is 0 Å². The monoisotopic (exact) mass is 242 g/mol. The number of hydrogen-bond donors (Lipinski definition) is 0. The topological polar surface area (TPSA) is 55.5 Å². The SMILES string of the molecule is O=Nc1conc1-c1cccc(C(F)(F)F)c1. The summed E-state index contributed by atoms with van der Waals surface area (Å²) in [6.07, 6.45) is -3.48. The molecule has 1 aromatic heterocycles. The number of halogens is 3. The molecule has 0 fully saturated rings. The van der Waals surface area contributed by atoms with Crippen LogP contribution < -0.4 is 0 Å². The quantitative estimate of drug-likeness (QED) is 0.753. The molecule has 7 heteroatoms. The molecule has 2 rings (SSSR count). The van der Waals surface area contributed by atoms with Crippen molar-refractivity contribution in [1.29, 1.82) is 0 Å². The number of nitrogens with zero attached hydrogens (tertiary/aromatic N) is 2. The fraction of sp³-hybridized carbons (Fsp3) is 0.100. The van der Waals surface area contributed by atoms with Crippen molar-refractivity contribution in [2.45, 2.75) is 6.18 Å². The predicted molar refractivity (Wildman–Crippen MR) is 52.4 cm³/mol. The van der Waals surface area contributed by atoms with E-state index in [9.17, 15) is 18.1 Å². The normalized spacial score (nSPS) is 11.5. The van der Waals surface area contributed by atoms with Crippen molar-refractivity contribution >= 4 is 5.69 Å². The molecule has 0 saturated heterocycles. The number of rotatable bonds is 2. The van der Waals surface area contributed by atoms with Crippen molar-refractivity contribution in [1.82, 2.24) is 5.16 Å². The third-order valence-corrected chi connectivity index (χ3v) is 2.11. The fourth-order valence-electron chi connectivity index (χ4n) is 1.34. The Hall–Kier alpha value is -2.18. The number of aromatic nitrogens is 1. The summed E-state index contributed by atoms with van der Waals surface area (Å²) in [5.74, 6) is 0. The van der Waals surface area contributed by atoms with Crippen LogP contribution in [-0.2, 0) is 6.18 Å². The Labute approximate surface area is 93.0 Å². The van der Waals surface area contributed by atoms with Gasteiger partial charge in [0, 0.05) is 5.56 Å². The van der Waals surface area contributed by atoms with Crippen molar-refractivity contribution in [3.8, 4) is 11.3 Å². The molecular weight excluding hydrogens is 237 g/mol. The summed E-state index contributed by atoms with van der Waals surface area (Å²) >= 11 is 0. The maximum absolute atomic E-state index is 12.5. The molecule has 0 saturated carbocycles. The summed E-state index contributed by atoms with van der Waals surface area (Å²) in [6.45, 7) is 0. The van der Waals surface area contributed by atoms with Gasteiger partial charge in [-0.25, -0.2) is 0 Å². The molecule has 1 heterocycles. The lowest BCUT2D eigenvalue weighted by Gasteiger charge is -2.07. The highest BCUT2D eigenvalue weighted by Crippen LogP contribution is 2.34. The first-order valence-electron chi connectivity index (χ1n) is 4.48. The Balaban J connectivity index is 2.51. The molecule has 0 amide bonds. The van der Waals surface area contributed by atoms with E-state index < -0.39 is 11.7 Å². The first-order valence-corrected chi connectivity index (χ1v) is 4.48. The Morgan fingerprint density at radius 2 is 2.06 bits per heavy atom. The van der Waals surface area contributed by atoms with Crippen LogP contribution in [0, 0.1) is 4.91 Å². The molecule has 0 radical (unpaired) electrons. The third kappa shape index (κ3) is 2.17. The maximum Gasteiger partial charge on any atom is 0.416 e. The zero-order chi connectivity index (χ0) is 12.5. The molecule has 0 aliphatic carbocycles. The Morgan fingerprint density at radius 3 is 2.71 bits per heavy atom. The summed E-state index contributed by atoms with van der Waals surface area (Å²) in [6, 6.07) is 4.42. The summed E-state index contributed by atoms with van der Waals surface area (Å²) in [5, 5.41) is 6.06. The number of nitroso groups, excluding NO2 is 1. The van der Waals surface area contributed by atoms with Gasteiger partial charge in [0.2, 0.25) is 0 Å². The van der Waals surface area contributed by atoms with Crippen LogP contribution in [0.15, 0.2) is 40.2 Å². The highest BCUT2D eigenvalue weighted by molar-refractivity contribution is 5.71. The van der Waals surface area contributed by atoms with Gasteiger partial charge in [0.05, 0.1) is 5.56 Å². The summed E-state index contributed by atoms with van der Waals surface area (Å²) in [7, 11) is 0. The lowest BCUT2D eigenvalue weighted by Crippen LogP contribution is -2.04. The second kappa shape index (κ2) is 4.00. The van der Waals surface area contributed by atoms with E-state index in [1.807, 2.05) is 0 Å². The molecule has 0 atom stereocenters. The molecule has 0 N–H and O–H groups in total. The Morgan fingerprint density at radius 1 is 1.29 bits per heavy atom. The van der Waals surface area contributed by atoms with E-state index in [0.29, 0.717) is 0 Å². The summed E-state index contributed by atoms with van der Waals surface area (Å²) < 4.78 is 41.9. The average molecular weight is 242 g/mol. The van der Waals surface area contributed by atoms with Gasteiger partial charge < -0.3 is 4.52 Å². The molecular formula is C10H5F3N2O2. The van der Waals surface area contributed by atoms with Crippen LogP contribution in [0.5, 0.6) is 0 Å². The van der Waals surface area contributed by atoms with E-state index in [0.717, 1.165) is 18.4 Å². The molecule has 0 bridgehead atoms. The first kappa shape index (κ1) is 11.3. The molecule has 4 nitrogen and oxygen atoms in total. The molecule has 0 spiro atoms. The van der Waals surface area contributed by atoms with Gasteiger partial charge in [-0.1, -0.05) is 17.3 Å². The van der Waals surface area contributed by atoms with Crippen LogP contribution in [0.2, 0.25) is 0 Å². The summed E-state index contributed by atoms with van der Waals surface area (Å²) in [4.78, 5) is 10.4. The van der Waals surface area contributed by atoms with Crippen molar-refractivity contribution < 1.29 is 17.7 Å². The van der Waals surface area contributed by atoms with Gasteiger partial charge in [-0.2, -0.15) is 13.2 Å². The van der Waals surface area contributed by atoms with E-state index in [2.05, 4.69) is 14.9 Å². The maximum atomic E-state index is 12.5. The van der Waals surface area contributed by atoms with E-state index in [-0.39, 0.29) is 16.9 Å². The highest BCUT2D eigenvalue weighted by atomic mass is 19.4. The minimum atomic E-state index is -4.45. The van der Waals surface area contributed by atoms with E-state index in [4.69, 9.17) is 0 Å². The Kier molecular flexibility index (Phi) is 2.66. The van der Waals surface area contributed by atoms with Crippen LogP contribution >= 0.6 is 0 Å². The number of benzene rings is 1. The van der Waals surface area contributed by atoms with Crippen LogP contribution in [0.4, 0.5) is 18.9 Å².